The number of hydrogen-bond acceptors (Lipinski definition) is 2. The predicted octanol–water partition coefficient (Wildman–Crippen LogP) is 4.86. The van der Waals surface area contributed by atoms with Crippen LogP contribution >= 0.6 is 0 Å². The van der Waals surface area contributed by atoms with Crippen molar-refractivity contribution in [2.45, 2.75) is 25.3 Å². The molecule has 3 heteroatoms. The fourth-order valence-electron chi connectivity index (χ4n) is 3.80. The molecule has 0 radical (unpaired) electrons. The van der Waals surface area contributed by atoms with E-state index in [4.69, 9.17) is 0 Å². The highest BCUT2D eigenvalue weighted by atomic mass is 16.3. The second-order valence-corrected chi connectivity index (χ2v) is 7.32. The van der Waals surface area contributed by atoms with E-state index in [0.717, 1.165) is 36.7 Å². The molecule has 0 aliphatic rings. The molecule has 28 heavy (non-hydrogen) atoms. The zero-order chi connectivity index (χ0) is 19.2. The van der Waals surface area contributed by atoms with Gasteiger partial charge in [0.2, 0.25) is 0 Å². The van der Waals surface area contributed by atoms with Crippen molar-refractivity contribution in [1.82, 2.24) is 10.3 Å². The molecule has 0 fully saturated rings. The molecule has 4 aromatic rings. The number of aromatic nitrogens is 1. The lowest BCUT2D eigenvalue weighted by Crippen LogP contribution is -2.34. The molecule has 0 bridgehead atoms. The highest BCUT2D eigenvalue weighted by Crippen LogP contribution is 2.23. The Balaban J connectivity index is 1.43. The Morgan fingerprint density at radius 3 is 2.11 bits per heavy atom. The van der Waals surface area contributed by atoms with E-state index in [-0.39, 0.29) is 0 Å². The summed E-state index contributed by atoms with van der Waals surface area (Å²) >= 11 is 0. The maximum absolute atomic E-state index is 9.79. The molecule has 0 unspecified atom stereocenters. The first-order valence-corrected chi connectivity index (χ1v) is 9.88. The van der Waals surface area contributed by atoms with Crippen molar-refractivity contribution in [3.8, 4) is 5.75 Å². The number of phenolic OH excluding ortho intramolecular Hbond substituents is 1. The van der Waals surface area contributed by atoms with Gasteiger partial charge < -0.3 is 15.4 Å². The molecule has 0 atom stereocenters. The summed E-state index contributed by atoms with van der Waals surface area (Å²) in [6.07, 6.45) is 4.98. The topological polar surface area (TPSA) is 48.0 Å². The summed E-state index contributed by atoms with van der Waals surface area (Å²) < 4.78 is 0. The van der Waals surface area contributed by atoms with Crippen molar-refractivity contribution in [1.29, 1.82) is 0 Å². The van der Waals surface area contributed by atoms with Gasteiger partial charge in [0.05, 0.1) is 0 Å². The molecular weight excluding hydrogens is 344 g/mol. The van der Waals surface area contributed by atoms with Crippen molar-refractivity contribution in [2.75, 3.05) is 6.54 Å². The van der Waals surface area contributed by atoms with Gasteiger partial charge >= 0.3 is 0 Å². The van der Waals surface area contributed by atoms with Crippen LogP contribution in [0, 0.1) is 0 Å². The summed E-state index contributed by atoms with van der Waals surface area (Å²) in [6.45, 7) is 0.896. The Kier molecular flexibility index (Phi) is 5.74. The molecular formula is C25H26N2O. The number of aromatic amines is 1. The average Bonchev–Trinajstić information content (AvgIpc) is 3.11. The van der Waals surface area contributed by atoms with Crippen LogP contribution in [0.4, 0.5) is 0 Å². The van der Waals surface area contributed by atoms with Gasteiger partial charge in [0, 0.05) is 23.1 Å². The molecule has 3 aromatic carbocycles. The molecule has 0 saturated heterocycles. The van der Waals surface area contributed by atoms with Crippen LogP contribution in [0.1, 0.15) is 16.7 Å². The normalized spacial score (nSPS) is 11.3. The van der Waals surface area contributed by atoms with E-state index in [2.05, 4.69) is 77.2 Å². The highest BCUT2D eigenvalue weighted by molar-refractivity contribution is 5.84. The largest absolute Gasteiger partial charge is 0.508 e. The van der Waals surface area contributed by atoms with Gasteiger partial charge in [0.15, 0.2) is 0 Å². The van der Waals surface area contributed by atoms with E-state index in [1.807, 2.05) is 12.1 Å². The molecule has 0 amide bonds. The number of fused-ring (bicyclic) bond motifs is 1. The fourth-order valence-corrected chi connectivity index (χ4v) is 3.80. The van der Waals surface area contributed by atoms with Crippen LogP contribution in [0.5, 0.6) is 5.75 Å². The van der Waals surface area contributed by atoms with Gasteiger partial charge in [-0.1, -0.05) is 60.7 Å². The average molecular weight is 370 g/mol. The van der Waals surface area contributed by atoms with Crippen LogP contribution in [-0.4, -0.2) is 22.7 Å². The first-order valence-electron chi connectivity index (χ1n) is 9.88. The maximum atomic E-state index is 9.79. The van der Waals surface area contributed by atoms with Gasteiger partial charge in [0.1, 0.15) is 5.75 Å². The van der Waals surface area contributed by atoms with Gasteiger partial charge in [-0.25, -0.2) is 0 Å². The zero-order valence-corrected chi connectivity index (χ0v) is 15.9. The lowest BCUT2D eigenvalue weighted by molar-refractivity contribution is 0.476. The number of benzene rings is 3. The molecule has 0 aliphatic heterocycles. The quantitative estimate of drug-likeness (QED) is 0.415. The fraction of sp³-hybridized carbons (Fsp3) is 0.200. The Labute approximate surface area is 166 Å². The number of hydrogen-bond donors (Lipinski definition) is 3. The molecule has 3 nitrogen and oxygen atoms in total. The van der Waals surface area contributed by atoms with Gasteiger partial charge in [-0.05, 0) is 60.7 Å². The van der Waals surface area contributed by atoms with E-state index < -0.39 is 0 Å². The predicted molar refractivity (Wildman–Crippen MR) is 116 cm³/mol. The summed E-state index contributed by atoms with van der Waals surface area (Å²) in [5.74, 6) is 0.312. The highest BCUT2D eigenvalue weighted by Gasteiger charge is 2.11. The van der Waals surface area contributed by atoms with Crippen LogP contribution in [-0.2, 0) is 19.3 Å². The van der Waals surface area contributed by atoms with Crippen molar-refractivity contribution in [3.05, 3.63) is 102 Å². The van der Waals surface area contributed by atoms with E-state index >= 15 is 0 Å². The van der Waals surface area contributed by atoms with E-state index in [9.17, 15) is 5.11 Å². The Morgan fingerprint density at radius 2 is 1.46 bits per heavy atom. The number of nitrogens with one attached hydrogen (secondary N) is 2. The maximum Gasteiger partial charge on any atom is 0.116 e. The third-order valence-corrected chi connectivity index (χ3v) is 5.23. The Hall–Kier alpha value is -3.04. The van der Waals surface area contributed by atoms with Crippen LogP contribution in [0.3, 0.4) is 0 Å². The molecule has 0 aliphatic carbocycles. The molecule has 1 aromatic heterocycles. The second kappa shape index (κ2) is 8.77. The first-order chi connectivity index (χ1) is 13.8. The van der Waals surface area contributed by atoms with Gasteiger partial charge in [-0.2, -0.15) is 0 Å². The Bertz CT molecular complexity index is 967. The van der Waals surface area contributed by atoms with Crippen molar-refractivity contribution < 1.29 is 5.11 Å². The molecule has 1 heterocycles. The molecule has 0 spiro atoms. The van der Waals surface area contributed by atoms with E-state index in [0.29, 0.717) is 11.8 Å². The minimum atomic E-state index is 0.312. The van der Waals surface area contributed by atoms with Crippen molar-refractivity contribution in [3.63, 3.8) is 0 Å². The SMILES string of the molecule is Oc1ccc2[nH]cc(CCNC(Cc3ccccc3)Cc3ccccc3)c2c1. The molecule has 3 N–H and O–H groups in total. The van der Waals surface area contributed by atoms with Crippen LogP contribution in [0.25, 0.3) is 10.9 Å². The van der Waals surface area contributed by atoms with Crippen molar-refractivity contribution in [2.24, 2.45) is 0 Å². The molecule has 142 valence electrons. The molecule has 0 saturated carbocycles. The number of phenols is 1. The van der Waals surface area contributed by atoms with Crippen LogP contribution in [0.2, 0.25) is 0 Å². The number of H-pyrrole nitrogens is 1. The minimum Gasteiger partial charge on any atom is -0.508 e. The van der Waals surface area contributed by atoms with Gasteiger partial charge in [-0.15, -0.1) is 0 Å². The zero-order valence-electron chi connectivity index (χ0n) is 15.9. The Morgan fingerprint density at radius 1 is 0.821 bits per heavy atom. The lowest BCUT2D eigenvalue weighted by atomic mass is 9.98. The monoisotopic (exact) mass is 370 g/mol. The third kappa shape index (κ3) is 4.62. The number of aromatic hydroxyl groups is 1. The summed E-state index contributed by atoms with van der Waals surface area (Å²) in [7, 11) is 0. The van der Waals surface area contributed by atoms with Gasteiger partial charge in [-0.3, -0.25) is 0 Å². The third-order valence-electron chi connectivity index (χ3n) is 5.23. The summed E-state index contributed by atoms with van der Waals surface area (Å²) in [4.78, 5) is 3.29. The smallest absolute Gasteiger partial charge is 0.116 e. The van der Waals surface area contributed by atoms with Crippen LogP contribution < -0.4 is 5.32 Å². The molecule has 4 rings (SSSR count). The number of rotatable bonds is 8. The lowest BCUT2D eigenvalue weighted by Gasteiger charge is -2.19. The van der Waals surface area contributed by atoms with Crippen molar-refractivity contribution >= 4 is 10.9 Å². The van der Waals surface area contributed by atoms with Crippen LogP contribution in [0.15, 0.2) is 85.1 Å². The first kappa shape index (κ1) is 18.3. The minimum absolute atomic E-state index is 0.312. The van der Waals surface area contributed by atoms with E-state index in [1.165, 1.54) is 16.7 Å². The summed E-state index contributed by atoms with van der Waals surface area (Å²) in [6, 6.07) is 27.2. The standard InChI is InChI=1S/C25H26N2O/c28-23-11-12-25-24(17-23)21(18-27-25)13-14-26-22(15-19-7-3-1-4-8-19)16-20-9-5-2-6-10-20/h1-12,17-18,22,26-28H,13-16H2. The summed E-state index contributed by atoms with van der Waals surface area (Å²) in [5, 5.41) is 14.6. The second-order valence-electron chi connectivity index (χ2n) is 7.32. The van der Waals surface area contributed by atoms with E-state index in [1.54, 1.807) is 6.07 Å². The summed E-state index contributed by atoms with van der Waals surface area (Å²) in [5.41, 5.74) is 5.01. The van der Waals surface area contributed by atoms with Gasteiger partial charge in [0.25, 0.3) is 0 Å².